The molecule has 1 aliphatic heterocycles. The number of aryl methyl sites for hydroxylation is 1. The highest BCUT2D eigenvalue weighted by atomic mass is 35.5. The molecule has 0 bridgehead atoms. The van der Waals surface area contributed by atoms with Gasteiger partial charge >= 0.3 is 0 Å². The van der Waals surface area contributed by atoms with Gasteiger partial charge in [-0.2, -0.15) is 0 Å². The van der Waals surface area contributed by atoms with Crippen molar-refractivity contribution in [3.05, 3.63) is 58.1 Å². The Morgan fingerprint density at radius 1 is 1.31 bits per heavy atom. The summed E-state index contributed by atoms with van der Waals surface area (Å²) in [5.41, 5.74) is 4.62. The van der Waals surface area contributed by atoms with Crippen molar-refractivity contribution in [2.24, 2.45) is 10.1 Å². The van der Waals surface area contributed by atoms with Gasteiger partial charge in [0.1, 0.15) is 5.75 Å². The molecule has 0 N–H and O–H groups in total. The molecule has 2 aromatic rings. The van der Waals surface area contributed by atoms with Gasteiger partial charge in [-0.1, -0.05) is 35.0 Å². The van der Waals surface area contributed by atoms with E-state index in [2.05, 4.69) is 16.2 Å². The van der Waals surface area contributed by atoms with Gasteiger partial charge in [-0.15, -0.1) is 0 Å². The summed E-state index contributed by atoms with van der Waals surface area (Å²) < 4.78 is 5.58. The zero-order valence-electron chi connectivity index (χ0n) is 15.4. The minimum absolute atomic E-state index is 0.207. The van der Waals surface area contributed by atoms with E-state index in [1.54, 1.807) is 13.4 Å². The minimum atomic E-state index is -0.207. The average Bonchev–Trinajstić information content (AvgIpc) is 3.10. The van der Waals surface area contributed by atoms with Crippen LogP contribution in [0.25, 0.3) is 0 Å². The first-order valence-electron chi connectivity index (χ1n) is 8.36. The van der Waals surface area contributed by atoms with Crippen LogP contribution >= 0.6 is 11.6 Å². The maximum atomic E-state index is 6.28. The van der Waals surface area contributed by atoms with Gasteiger partial charge in [-0.3, -0.25) is 0 Å². The standard InChI is InChI=1S/C20H22ClN3O2/c1-13-9-15(19(25-4)10-17(13)22-12-24(2)3)20-11-18(23-26-20)14-7-5-6-8-16(14)21/h5-10,12,20H,11H2,1-4H3/b22-12-. The summed E-state index contributed by atoms with van der Waals surface area (Å²) in [5.74, 6) is 0.738. The summed E-state index contributed by atoms with van der Waals surface area (Å²) >= 11 is 6.28. The Morgan fingerprint density at radius 2 is 2.08 bits per heavy atom. The number of methoxy groups -OCH3 is 1. The van der Waals surface area contributed by atoms with Crippen molar-refractivity contribution in [3.63, 3.8) is 0 Å². The van der Waals surface area contributed by atoms with Crippen LogP contribution in [-0.2, 0) is 4.84 Å². The van der Waals surface area contributed by atoms with Crippen molar-refractivity contribution in [1.29, 1.82) is 0 Å². The molecule has 3 rings (SSSR count). The molecular formula is C20H22ClN3O2. The maximum Gasteiger partial charge on any atom is 0.161 e. The van der Waals surface area contributed by atoms with Crippen LogP contribution in [-0.4, -0.2) is 38.2 Å². The van der Waals surface area contributed by atoms with Crippen LogP contribution in [0.5, 0.6) is 5.75 Å². The SMILES string of the molecule is COc1cc(/N=C\N(C)C)c(C)cc1C1CC(c2ccccc2Cl)=NO1. The van der Waals surface area contributed by atoms with Crippen LogP contribution in [0, 0.1) is 6.92 Å². The molecule has 0 amide bonds. The Balaban J connectivity index is 1.87. The van der Waals surface area contributed by atoms with Gasteiger partial charge in [-0.05, 0) is 24.6 Å². The third-order valence-corrected chi connectivity index (χ3v) is 4.51. The molecule has 1 atom stereocenters. The first-order chi connectivity index (χ1) is 12.5. The van der Waals surface area contributed by atoms with Crippen molar-refractivity contribution >= 4 is 29.3 Å². The highest BCUT2D eigenvalue weighted by Crippen LogP contribution is 2.39. The summed E-state index contributed by atoms with van der Waals surface area (Å²) in [7, 11) is 5.52. The van der Waals surface area contributed by atoms with Crippen molar-refractivity contribution in [2.45, 2.75) is 19.4 Å². The number of hydrogen-bond acceptors (Lipinski definition) is 4. The highest BCUT2D eigenvalue weighted by molar-refractivity contribution is 6.34. The summed E-state index contributed by atoms with van der Waals surface area (Å²) in [6, 6.07) is 11.6. The van der Waals surface area contributed by atoms with E-state index < -0.39 is 0 Å². The summed E-state index contributed by atoms with van der Waals surface area (Å²) in [5, 5.41) is 4.93. The first kappa shape index (κ1) is 18.3. The molecule has 1 aliphatic rings. The summed E-state index contributed by atoms with van der Waals surface area (Å²) in [6.45, 7) is 2.02. The number of oxime groups is 1. The quantitative estimate of drug-likeness (QED) is 0.563. The topological polar surface area (TPSA) is 46.4 Å². The molecule has 1 heterocycles. The Labute approximate surface area is 158 Å². The molecule has 0 spiro atoms. The highest BCUT2D eigenvalue weighted by Gasteiger charge is 2.28. The van der Waals surface area contributed by atoms with Crippen LogP contribution in [0.1, 0.15) is 29.2 Å². The van der Waals surface area contributed by atoms with Gasteiger partial charge in [0.15, 0.2) is 6.10 Å². The number of aliphatic imine (C=N–C) groups is 1. The molecule has 0 radical (unpaired) electrons. The fraction of sp³-hybridized carbons (Fsp3) is 0.300. The second-order valence-corrected chi connectivity index (χ2v) is 6.81. The average molecular weight is 372 g/mol. The Kier molecular flexibility index (Phi) is 5.47. The smallest absolute Gasteiger partial charge is 0.161 e. The van der Waals surface area contributed by atoms with E-state index >= 15 is 0 Å². The monoisotopic (exact) mass is 371 g/mol. The molecule has 0 aliphatic carbocycles. The fourth-order valence-corrected chi connectivity index (χ4v) is 3.09. The number of halogens is 1. The summed E-state index contributed by atoms with van der Waals surface area (Å²) in [6.07, 6.45) is 2.20. The second kappa shape index (κ2) is 7.79. The number of ether oxygens (including phenoxy) is 1. The van der Waals surface area contributed by atoms with Gasteiger partial charge in [0.25, 0.3) is 0 Å². The molecule has 1 unspecified atom stereocenters. The molecule has 2 aromatic carbocycles. The van der Waals surface area contributed by atoms with Gasteiger partial charge in [-0.25, -0.2) is 4.99 Å². The Hall–Kier alpha value is -2.53. The maximum absolute atomic E-state index is 6.28. The van der Waals surface area contributed by atoms with E-state index in [4.69, 9.17) is 21.2 Å². The normalized spacial score (nSPS) is 16.5. The molecule has 0 aromatic heterocycles. The van der Waals surface area contributed by atoms with Crippen molar-refractivity contribution in [2.75, 3.05) is 21.2 Å². The zero-order valence-corrected chi connectivity index (χ0v) is 16.1. The summed E-state index contributed by atoms with van der Waals surface area (Å²) in [4.78, 5) is 12.1. The van der Waals surface area contributed by atoms with E-state index in [1.807, 2.05) is 56.3 Å². The second-order valence-electron chi connectivity index (χ2n) is 6.40. The van der Waals surface area contributed by atoms with Crippen LogP contribution < -0.4 is 4.74 Å². The molecule has 0 saturated carbocycles. The predicted molar refractivity (Wildman–Crippen MR) is 106 cm³/mol. The number of hydrogen-bond donors (Lipinski definition) is 0. The van der Waals surface area contributed by atoms with E-state index in [-0.39, 0.29) is 6.10 Å². The lowest BCUT2D eigenvalue weighted by Gasteiger charge is -2.16. The molecule has 0 fully saturated rings. The molecular weight excluding hydrogens is 350 g/mol. The molecule has 136 valence electrons. The fourth-order valence-electron chi connectivity index (χ4n) is 2.84. The predicted octanol–water partition coefficient (Wildman–Crippen LogP) is 4.74. The minimum Gasteiger partial charge on any atom is -0.496 e. The van der Waals surface area contributed by atoms with E-state index in [9.17, 15) is 0 Å². The van der Waals surface area contributed by atoms with Crippen LogP contribution in [0.2, 0.25) is 5.02 Å². The van der Waals surface area contributed by atoms with E-state index in [0.29, 0.717) is 11.4 Å². The zero-order chi connectivity index (χ0) is 18.7. The van der Waals surface area contributed by atoms with Gasteiger partial charge in [0.2, 0.25) is 0 Å². The lowest BCUT2D eigenvalue weighted by Crippen LogP contribution is -2.07. The van der Waals surface area contributed by atoms with Gasteiger partial charge < -0.3 is 14.5 Å². The van der Waals surface area contributed by atoms with Gasteiger partial charge in [0, 0.05) is 42.7 Å². The van der Waals surface area contributed by atoms with Crippen molar-refractivity contribution in [3.8, 4) is 5.75 Å². The largest absolute Gasteiger partial charge is 0.496 e. The first-order valence-corrected chi connectivity index (χ1v) is 8.74. The Bertz CT molecular complexity index is 862. The van der Waals surface area contributed by atoms with Crippen LogP contribution in [0.4, 0.5) is 5.69 Å². The van der Waals surface area contributed by atoms with Crippen molar-refractivity contribution in [1.82, 2.24) is 4.90 Å². The van der Waals surface area contributed by atoms with Crippen molar-refractivity contribution < 1.29 is 9.57 Å². The third kappa shape index (κ3) is 3.83. The van der Waals surface area contributed by atoms with E-state index in [1.165, 1.54) is 0 Å². The Morgan fingerprint density at radius 3 is 2.77 bits per heavy atom. The lowest BCUT2D eigenvalue weighted by atomic mass is 9.97. The number of benzene rings is 2. The number of rotatable bonds is 5. The van der Waals surface area contributed by atoms with E-state index in [0.717, 1.165) is 33.8 Å². The molecule has 0 saturated heterocycles. The van der Waals surface area contributed by atoms with Crippen LogP contribution in [0.15, 0.2) is 46.5 Å². The third-order valence-electron chi connectivity index (χ3n) is 4.18. The lowest BCUT2D eigenvalue weighted by molar-refractivity contribution is 0.0836. The molecule has 6 heteroatoms. The molecule has 5 nitrogen and oxygen atoms in total. The molecule has 26 heavy (non-hydrogen) atoms. The van der Waals surface area contributed by atoms with Gasteiger partial charge in [0.05, 0.1) is 24.8 Å². The number of nitrogens with zero attached hydrogens (tertiary/aromatic N) is 3. The van der Waals surface area contributed by atoms with Crippen LogP contribution in [0.3, 0.4) is 0 Å².